The number of aliphatic hydroxyl groups excluding tert-OH is 2. The second-order valence-electron chi connectivity index (χ2n) is 7.65. The van der Waals surface area contributed by atoms with Gasteiger partial charge in [0.05, 0.1) is 25.0 Å². The zero-order valence-electron chi connectivity index (χ0n) is 16.7. The Morgan fingerprint density at radius 1 is 1.41 bits per heavy atom. The molecule has 3 N–H and O–H groups in total. The highest BCUT2D eigenvalue weighted by atomic mass is 35.5. The zero-order chi connectivity index (χ0) is 21.6. The third-order valence-corrected chi connectivity index (χ3v) is 5.43. The molecule has 0 aliphatic carbocycles. The van der Waals surface area contributed by atoms with E-state index in [-0.39, 0.29) is 18.9 Å². The maximum atomic E-state index is 12.3. The number of halogens is 1. The summed E-state index contributed by atoms with van der Waals surface area (Å²) in [5.74, 6) is -1.57. The molecule has 2 heterocycles. The summed E-state index contributed by atoms with van der Waals surface area (Å²) in [6, 6.07) is 0. The zero-order valence-corrected chi connectivity index (χ0v) is 17.5. The normalized spacial score (nSPS) is 34.2. The van der Waals surface area contributed by atoms with Crippen molar-refractivity contribution in [2.75, 3.05) is 0 Å². The van der Waals surface area contributed by atoms with Crippen LogP contribution in [0, 0.1) is 0 Å². The standard InChI is InChI=1S/C21H29ClO7/c1-12(9-19(25)26)8-17(24)21-18-10-15(28-21)7-6-14(22)5-3-4-13(2)16(23)11-20(27)29-18/h4-5,8,15-18,21,23-24H,3,6-7,9-11H2,1-2H3,(H,25,26)/b12-8+,13-4-,14-5-/t15-,16-,17+,18-,21-/m0/s1. The summed E-state index contributed by atoms with van der Waals surface area (Å²) in [6.07, 6.45) is 3.00. The molecule has 5 atom stereocenters. The molecule has 7 nitrogen and oxygen atoms in total. The summed E-state index contributed by atoms with van der Waals surface area (Å²) < 4.78 is 11.5. The minimum absolute atomic E-state index is 0.197. The Morgan fingerprint density at radius 3 is 2.83 bits per heavy atom. The first-order valence-corrected chi connectivity index (χ1v) is 10.1. The van der Waals surface area contributed by atoms with Crippen LogP contribution >= 0.6 is 11.6 Å². The van der Waals surface area contributed by atoms with Crippen LogP contribution in [0.2, 0.25) is 0 Å². The van der Waals surface area contributed by atoms with Gasteiger partial charge in [-0.2, -0.15) is 0 Å². The minimum Gasteiger partial charge on any atom is -0.481 e. The van der Waals surface area contributed by atoms with Gasteiger partial charge < -0.3 is 24.8 Å². The lowest BCUT2D eigenvalue weighted by Crippen LogP contribution is -2.37. The number of hydrogen-bond acceptors (Lipinski definition) is 6. The van der Waals surface area contributed by atoms with Gasteiger partial charge in [0.25, 0.3) is 0 Å². The summed E-state index contributed by atoms with van der Waals surface area (Å²) in [5.41, 5.74) is 1.14. The average Bonchev–Trinajstić information content (AvgIpc) is 3.00. The predicted octanol–water partition coefficient (Wildman–Crippen LogP) is 2.84. The van der Waals surface area contributed by atoms with Gasteiger partial charge in [0.1, 0.15) is 18.3 Å². The Kier molecular flexibility index (Phi) is 8.89. The van der Waals surface area contributed by atoms with Crippen LogP contribution < -0.4 is 0 Å². The molecule has 2 aliphatic heterocycles. The number of aliphatic carboxylic acids is 1. The fourth-order valence-corrected chi connectivity index (χ4v) is 3.69. The van der Waals surface area contributed by atoms with E-state index >= 15 is 0 Å². The summed E-state index contributed by atoms with van der Waals surface area (Å²) in [7, 11) is 0. The lowest BCUT2D eigenvalue weighted by Gasteiger charge is -2.23. The fraction of sp³-hybridized carbons (Fsp3) is 0.619. The molecule has 2 rings (SSSR count). The Balaban J connectivity index is 2.19. The molecule has 0 unspecified atom stereocenters. The van der Waals surface area contributed by atoms with Crippen molar-refractivity contribution >= 4 is 23.5 Å². The van der Waals surface area contributed by atoms with Crippen LogP contribution in [0.25, 0.3) is 0 Å². The van der Waals surface area contributed by atoms with Crippen LogP contribution in [0.3, 0.4) is 0 Å². The Morgan fingerprint density at radius 2 is 2.14 bits per heavy atom. The summed E-state index contributed by atoms with van der Waals surface area (Å²) in [5, 5.41) is 30.3. The number of aliphatic hydroxyl groups is 2. The Labute approximate surface area is 175 Å². The van der Waals surface area contributed by atoms with Gasteiger partial charge in [-0.3, -0.25) is 9.59 Å². The molecule has 0 aromatic heterocycles. The van der Waals surface area contributed by atoms with E-state index in [1.807, 2.05) is 12.2 Å². The molecule has 0 amide bonds. The first-order chi connectivity index (χ1) is 13.7. The third-order valence-electron chi connectivity index (χ3n) is 5.09. The maximum absolute atomic E-state index is 12.3. The molecule has 1 saturated heterocycles. The van der Waals surface area contributed by atoms with Gasteiger partial charge in [-0.25, -0.2) is 0 Å². The van der Waals surface area contributed by atoms with E-state index < -0.39 is 36.4 Å². The van der Waals surface area contributed by atoms with Crippen LogP contribution in [0.4, 0.5) is 0 Å². The van der Waals surface area contributed by atoms with Gasteiger partial charge in [0, 0.05) is 11.5 Å². The number of carbonyl (C=O) groups excluding carboxylic acids is 1. The summed E-state index contributed by atoms with van der Waals surface area (Å²) in [4.78, 5) is 23.2. The second kappa shape index (κ2) is 10.9. The number of allylic oxidation sites excluding steroid dienone is 3. The third kappa shape index (κ3) is 7.59. The molecule has 0 radical (unpaired) electrons. The number of carbonyl (C=O) groups is 2. The molecule has 162 valence electrons. The SMILES string of the molecule is C/C1=C/C/C=C(\Cl)CC[C@H]2C[C@H](OC(=O)C[C@@H]1O)[C@H]([C@H](O)/C=C(\C)CC(=O)O)O2. The number of carboxylic acid groups (broad SMARTS) is 1. The Hall–Kier alpha value is -1.67. The van der Waals surface area contributed by atoms with Crippen LogP contribution in [-0.2, 0) is 19.1 Å². The highest BCUT2D eigenvalue weighted by Crippen LogP contribution is 2.31. The van der Waals surface area contributed by atoms with Crippen molar-refractivity contribution in [1.29, 1.82) is 0 Å². The van der Waals surface area contributed by atoms with Crippen molar-refractivity contribution in [3.05, 3.63) is 34.4 Å². The monoisotopic (exact) mass is 428 g/mol. The van der Waals surface area contributed by atoms with E-state index in [0.717, 1.165) is 0 Å². The smallest absolute Gasteiger partial charge is 0.309 e. The fourth-order valence-electron chi connectivity index (χ4n) is 3.49. The van der Waals surface area contributed by atoms with Gasteiger partial charge in [-0.15, -0.1) is 0 Å². The maximum Gasteiger partial charge on any atom is 0.309 e. The quantitative estimate of drug-likeness (QED) is 0.466. The molecule has 29 heavy (non-hydrogen) atoms. The minimum atomic E-state index is -1.12. The van der Waals surface area contributed by atoms with E-state index in [1.165, 1.54) is 6.08 Å². The van der Waals surface area contributed by atoms with Crippen LogP contribution in [0.5, 0.6) is 0 Å². The molecular formula is C21H29ClO7. The van der Waals surface area contributed by atoms with Gasteiger partial charge in [-0.05, 0) is 38.7 Å². The molecule has 2 bridgehead atoms. The van der Waals surface area contributed by atoms with Gasteiger partial charge in [0.15, 0.2) is 0 Å². The lowest BCUT2D eigenvalue weighted by atomic mass is 10.0. The topological polar surface area (TPSA) is 113 Å². The second-order valence-corrected chi connectivity index (χ2v) is 8.14. The van der Waals surface area contributed by atoms with Crippen LogP contribution in [-0.4, -0.2) is 57.8 Å². The molecule has 8 heteroatoms. The molecule has 0 aromatic carbocycles. The number of esters is 1. The van der Waals surface area contributed by atoms with Crippen molar-refractivity contribution in [3.8, 4) is 0 Å². The van der Waals surface area contributed by atoms with Gasteiger partial charge in [-0.1, -0.05) is 35.4 Å². The first kappa shape index (κ1) is 23.6. The van der Waals surface area contributed by atoms with E-state index in [9.17, 15) is 19.8 Å². The number of hydrogen-bond donors (Lipinski definition) is 3. The van der Waals surface area contributed by atoms with E-state index in [2.05, 4.69) is 0 Å². The van der Waals surface area contributed by atoms with Crippen LogP contribution in [0.15, 0.2) is 34.4 Å². The first-order valence-electron chi connectivity index (χ1n) is 9.77. The molecule has 2 aliphatic rings. The highest BCUT2D eigenvalue weighted by molar-refractivity contribution is 6.29. The molecule has 0 saturated carbocycles. The number of rotatable bonds is 4. The van der Waals surface area contributed by atoms with Gasteiger partial charge in [0.2, 0.25) is 0 Å². The lowest BCUT2D eigenvalue weighted by molar-refractivity contribution is -0.156. The van der Waals surface area contributed by atoms with Crippen molar-refractivity contribution in [1.82, 2.24) is 0 Å². The molecule has 0 aromatic rings. The van der Waals surface area contributed by atoms with E-state index in [4.69, 9.17) is 26.2 Å². The Bertz CT molecular complexity index is 697. The summed E-state index contributed by atoms with van der Waals surface area (Å²) in [6.45, 7) is 3.35. The van der Waals surface area contributed by atoms with E-state index in [0.29, 0.717) is 41.9 Å². The number of carboxylic acids is 1. The van der Waals surface area contributed by atoms with Crippen molar-refractivity contribution in [2.45, 2.75) is 82.9 Å². The van der Waals surface area contributed by atoms with Crippen molar-refractivity contribution in [3.63, 3.8) is 0 Å². The van der Waals surface area contributed by atoms with Crippen molar-refractivity contribution in [2.24, 2.45) is 0 Å². The largest absolute Gasteiger partial charge is 0.481 e. The molecule has 1 fully saturated rings. The van der Waals surface area contributed by atoms with Crippen LogP contribution in [0.1, 0.15) is 52.4 Å². The van der Waals surface area contributed by atoms with E-state index in [1.54, 1.807) is 13.8 Å². The number of ether oxygens (including phenoxy) is 2. The summed E-state index contributed by atoms with van der Waals surface area (Å²) >= 11 is 6.26. The average molecular weight is 429 g/mol. The van der Waals surface area contributed by atoms with Gasteiger partial charge >= 0.3 is 11.9 Å². The molecular weight excluding hydrogens is 400 g/mol. The van der Waals surface area contributed by atoms with Crippen molar-refractivity contribution < 1.29 is 34.4 Å². The highest BCUT2D eigenvalue weighted by Gasteiger charge is 2.41. The predicted molar refractivity (Wildman–Crippen MR) is 107 cm³/mol. The molecule has 0 spiro atoms. The number of fused-ring (bicyclic) bond motifs is 2.